The summed E-state index contributed by atoms with van der Waals surface area (Å²) in [5, 5.41) is 0. The minimum Gasteiger partial charge on any atom is -0.179 e. The monoisotopic (exact) mass is 524 g/mol. The first kappa shape index (κ1) is 29.1. The summed E-state index contributed by atoms with van der Waals surface area (Å²) in [6.07, 6.45) is 35.2. The van der Waals surface area contributed by atoms with Crippen molar-refractivity contribution in [2.45, 2.75) is 154 Å². The third kappa shape index (κ3) is 27.1. The molecule has 0 saturated heterocycles. The molecule has 0 aliphatic heterocycles. The molecule has 28 heavy (non-hydrogen) atoms. The zero-order valence-corrected chi connectivity index (χ0v) is 22.3. The van der Waals surface area contributed by atoms with Gasteiger partial charge in [0.1, 0.15) is 0 Å². The highest BCUT2D eigenvalue weighted by molar-refractivity contribution is 14.1. The van der Waals surface area contributed by atoms with Crippen LogP contribution in [0.4, 0.5) is 0 Å². The number of hydrogen-bond acceptors (Lipinski definition) is 1. The van der Waals surface area contributed by atoms with Crippen molar-refractivity contribution in [2.24, 2.45) is 0 Å². The molecule has 0 amide bonds. The van der Waals surface area contributed by atoms with Crippen LogP contribution in [0.2, 0.25) is 0 Å². The van der Waals surface area contributed by atoms with Gasteiger partial charge in [-0.2, -0.15) is 12.6 Å². The summed E-state index contributed by atoms with van der Waals surface area (Å²) in [6.45, 7) is 0. The summed E-state index contributed by atoms with van der Waals surface area (Å²) in [4.78, 5) is 0. The van der Waals surface area contributed by atoms with Gasteiger partial charge in [0.2, 0.25) is 0 Å². The lowest BCUT2D eigenvalue weighted by Gasteiger charge is -2.04. The SMILES string of the molecule is SCCCCCCCCCCCCCCCCCCCCCCCCCCI. The molecule has 0 rings (SSSR count). The van der Waals surface area contributed by atoms with Crippen LogP contribution in [0.15, 0.2) is 0 Å². The van der Waals surface area contributed by atoms with Crippen molar-refractivity contribution in [1.82, 2.24) is 0 Å². The van der Waals surface area contributed by atoms with Gasteiger partial charge in [-0.3, -0.25) is 0 Å². The Morgan fingerprint density at radius 1 is 0.286 bits per heavy atom. The maximum atomic E-state index is 4.27. The lowest BCUT2D eigenvalue weighted by molar-refractivity contribution is 0.518. The average Bonchev–Trinajstić information content (AvgIpc) is 2.71. The van der Waals surface area contributed by atoms with E-state index in [1.54, 1.807) is 0 Å². The first-order valence-electron chi connectivity index (χ1n) is 13.1. The van der Waals surface area contributed by atoms with Gasteiger partial charge in [-0.05, 0) is 23.0 Å². The Kier molecular flexibility index (Phi) is 29.2. The maximum absolute atomic E-state index is 4.27. The molecule has 0 saturated carbocycles. The normalized spacial score (nSPS) is 11.4. The fraction of sp³-hybridized carbons (Fsp3) is 1.00. The Balaban J connectivity index is 2.96. The molecule has 2 heteroatoms. The Bertz CT molecular complexity index is 231. The highest BCUT2D eigenvalue weighted by Crippen LogP contribution is 2.15. The summed E-state index contributed by atoms with van der Waals surface area (Å²) in [5.74, 6) is 1.07. The number of unbranched alkanes of at least 4 members (excludes halogenated alkanes) is 23. The van der Waals surface area contributed by atoms with E-state index in [-0.39, 0.29) is 0 Å². The third-order valence-electron chi connectivity index (χ3n) is 6.04. The van der Waals surface area contributed by atoms with Crippen LogP contribution in [0.1, 0.15) is 154 Å². The van der Waals surface area contributed by atoms with E-state index < -0.39 is 0 Å². The van der Waals surface area contributed by atoms with Crippen LogP contribution in [-0.4, -0.2) is 10.2 Å². The fourth-order valence-corrected chi connectivity index (χ4v) is 4.86. The van der Waals surface area contributed by atoms with Crippen molar-refractivity contribution in [2.75, 3.05) is 10.2 Å². The summed E-state index contributed by atoms with van der Waals surface area (Å²) in [5.41, 5.74) is 0. The maximum Gasteiger partial charge on any atom is -0.000473 e. The summed E-state index contributed by atoms with van der Waals surface area (Å²) in [7, 11) is 0. The molecular formula is C26H53IS. The number of rotatable bonds is 25. The first-order chi connectivity index (χ1) is 13.9. The van der Waals surface area contributed by atoms with Gasteiger partial charge in [0, 0.05) is 0 Å². The molecule has 0 unspecified atom stereocenters. The van der Waals surface area contributed by atoms with E-state index in [9.17, 15) is 0 Å². The van der Waals surface area contributed by atoms with Crippen LogP contribution in [0.25, 0.3) is 0 Å². The minimum atomic E-state index is 1.07. The van der Waals surface area contributed by atoms with Gasteiger partial charge in [-0.1, -0.05) is 164 Å². The quantitative estimate of drug-likeness (QED) is 0.0522. The number of alkyl halides is 1. The van der Waals surface area contributed by atoms with Crippen LogP contribution < -0.4 is 0 Å². The molecule has 0 aliphatic rings. The van der Waals surface area contributed by atoms with Crippen molar-refractivity contribution in [3.63, 3.8) is 0 Å². The molecule has 0 heterocycles. The standard InChI is InChI=1S/C26H53IS/c27-25-23-21-19-17-15-13-11-9-7-5-3-1-2-4-6-8-10-12-14-16-18-20-22-24-26-28/h28H,1-26H2. The molecule has 170 valence electrons. The van der Waals surface area contributed by atoms with E-state index in [1.165, 1.54) is 159 Å². The summed E-state index contributed by atoms with van der Waals surface area (Å²) < 4.78 is 1.34. The van der Waals surface area contributed by atoms with Crippen molar-refractivity contribution in [3.05, 3.63) is 0 Å². The minimum absolute atomic E-state index is 1.07. The predicted octanol–water partition coefficient (Wildman–Crippen LogP) is 10.7. The van der Waals surface area contributed by atoms with Gasteiger partial charge >= 0.3 is 0 Å². The lowest BCUT2D eigenvalue weighted by Crippen LogP contribution is -1.85. The van der Waals surface area contributed by atoms with Crippen molar-refractivity contribution in [3.8, 4) is 0 Å². The van der Waals surface area contributed by atoms with Gasteiger partial charge in [0.15, 0.2) is 0 Å². The topological polar surface area (TPSA) is 0 Å². The number of thiol groups is 1. The van der Waals surface area contributed by atoms with Crippen molar-refractivity contribution in [1.29, 1.82) is 0 Å². The van der Waals surface area contributed by atoms with Crippen molar-refractivity contribution >= 4 is 35.2 Å². The molecule has 0 bridgehead atoms. The second-order valence-electron chi connectivity index (χ2n) is 8.90. The van der Waals surface area contributed by atoms with Gasteiger partial charge in [0.05, 0.1) is 0 Å². The first-order valence-corrected chi connectivity index (χ1v) is 15.2. The van der Waals surface area contributed by atoms with Crippen LogP contribution in [0.5, 0.6) is 0 Å². The summed E-state index contributed by atoms with van der Waals surface area (Å²) >= 11 is 6.77. The van der Waals surface area contributed by atoms with E-state index in [4.69, 9.17) is 0 Å². The lowest BCUT2D eigenvalue weighted by atomic mass is 10.0. The molecule has 0 fully saturated rings. The predicted molar refractivity (Wildman–Crippen MR) is 144 cm³/mol. The fourth-order valence-electron chi connectivity index (χ4n) is 4.10. The third-order valence-corrected chi connectivity index (χ3v) is 7.12. The molecule has 0 radical (unpaired) electrons. The van der Waals surface area contributed by atoms with Crippen LogP contribution in [0, 0.1) is 0 Å². The second kappa shape index (κ2) is 28.1. The van der Waals surface area contributed by atoms with E-state index >= 15 is 0 Å². The molecule has 0 aromatic carbocycles. The molecule has 0 nitrogen and oxygen atoms in total. The van der Waals surface area contributed by atoms with Gasteiger partial charge in [0.25, 0.3) is 0 Å². The van der Waals surface area contributed by atoms with Crippen LogP contribution >= 0.6 is 35.2 Å². The molecule has 0 atom stereocenters. The zero-order chi connectivity index (χ0) is 20.4. The highest BCUT2D eigenvalue weighted by Gasteiger charge is 1.96. The highest BCUT2D eigenvalue weighted by atomic mass is 127. The molecule has 0 spiro atoms. The zero-order valence-electron chi connectivity index (χ0n) is 19.2. The number of hydrogen-bond donors (Lipinski definition) is 1. The molecular weight excluding hydrogens is 471 g/mol. The Morgan fingerprint density at radius 2 is 0.464 bits per heavy atom. The van der Waals surface area contributed by atoms with Crippen molar-refractivity contribution < 1.29 is 0 Å². The number of halogens is 1. The molecule has 0 aromatic heterocycles. The van der Waals surface area contributed by atoms with E-state index in [2.05, 4.69) is 35.2 Å². The van der Waals surface area contributed by atoms with Crippen LogP contribution in [-0.2, 0) is 0 Å². The summed E-state index contributed by atoms with van der Waals surface area (Å²) in [6, 6.07) is 0. The Morgan fingerprint density at radius 3 is 0.643 bits per heavy atom. The smallest absolute Gasteiger partial charge is 0.000473 e. The molecule has 0 N–H and O–H groups in total. The Labute approximate surface area is 198 Å². The van der Waals surface area contributed by atoms with E-state index in [1.807, 2.05) is 0 Å². The molecule has 0 aliphatic carbocycles. The largest absolute Gasteiger partial charge is 0.179 e. The van der Waals surface area contributed by atoms with Gasteiger partial charge in [-0.25, -0.2) is 0 Å². The van der Waals surface area contributed by atoms with Crippen LogP contribution in [0.3, 0.4) is 0 Å². The van der Waals surface area contributed by atoms with Gasteiger partial charge < -0.3 is 0 Å². The Hall–Kier alpha value is 1.08. The average molecular weight is 525 g/mol. The second-order valence-corrected chi connectivity index (χ2v) is 10.4. The van der Waals surface area contributed by atoms with Gasteiger partial charge in [-0.15, -0.1) is 0 Å². The molecule has 0 aromatic rings. The van der Waals surface area contributed by atoms with E-state index in [0.29, 0.717) is 0 Å². The van der Waals surface area contributed by atoms with E-state index in [0.717, 1.165) is 5.75 Å².